The SMILES string of the molecule is Cn1c(=O)c2c(nc(N/N=C\c3ccccc3Cl)n2Cc2ccc(F)cc2)n(C)c1=O. The predicted molar refractivity (Wildman–Crippen MR) is 118 cm³/mol. The first kappa shape index (κ1) is 20.5. The largest absolute Gasteiger partial charge is 0.332 e. The first-order valence-corrected chi connectivity index (χ1v) is 9.69. The molecule has 1 N–H and O–H groups in total. The van der Waals surface area contributed by atoms with Crippen LogP contribution < -0.4 is 16.7 Å². The molecule has 10 heteroatoms. The van der Waals surface area contributed by atoms with E-state index in [2.05, 4.69) is 15.5 Å². The lowest BCUT2D eigenvalue weighted by molar-refractivity contribution is 0.626. The van der Waals surface area contributed by atoms with Crippen molar-refractivity contribution in [2.24, 2.45) is 19.2 Å². The number of aryl methyl sites for hydroxylation is 1. The molecule has 8 nitrogen and oxygen atoms in total. The highest BCUT2D eigenvalue weighted by Crippen LogP contribution is 2.19. The number of anilines is 1. The molecule has 0 bridgehead atoms. The Hall–Kier alpha value is -3.72. The maximum Gasteiger partial charge on any atom is 0.332 e. The topological polar surface area (TPSA) is 86.2 Å². The molecule has 31 heavy (non-hydrogen) atoms. The molecule has 0 atom stereocenters. The quantitative estimate of drug-likeness (QED) is 0.382. The van der Waals surface area contributed by atoms with E-state index in [9.17, 15) is 14.0 Å². The van der Waals surface area contributed by atoms with Crippen LogP contribution in [0.5, 0.6) is 0 Å². The molecule has 0 amide bonds. The van der Waals surface area contributed by atoms with Gasteiger partial charge in [0.15, 0.2) is 11.2 Å². The predicted octanol–water partition coefficient (Wildman–Crippen LogP) is 2.72. The van der Waals surface area contributed by atoms with E-state index in [0.717, 1.165) is 10.1 Å². The van der Waals surface area contributed by atoms with Gasteiger partial charge in [-0.1, -0.05) is 41.9 Å². The number of benzene rings is 2. The van der Waals surface area contributed by atoms with Gasteiger partial charge in [0, 0.05) is 24.7 Å². The molecule has 2 heterocycles. The fourth-order valence-electron chi connectivity index (χ4n) is 3.20. The Kier molecular flexibility index (Phi) is 5.43. The lowest BCUT2D eigenvalue weighted by atomic mass is 10.2. The van der Waals surface area contributed by atoms with Crippen LogP contribution in [0.1, 0.15) is 11.1 Å². The van der Waals surface area contributed by atoms with Crippen molar-refractivity contribution in [2.45, 2.75) is 6.54 Å². The van der Waals surface area contributed by atoms with Crippen LogP contribution >= 0.6 is 11.6 Å². The number of nitrogens with zero attached hydrogens (tertiary/aromatic N) is 5. The maximum atomic E-state index is 13.3. The highest BCUT2D eigenvalue weighted by Gasteiger charge is 2.19. The molecule has 0 spiro atoms. The number of halogens is 2. The standard InChI is InChI=1S/C21H18ClFN6O2/c1-27-18-17(19(30)28(2)21(27)31)29(12-13-7-9-15(23)10-8-13)20(25-18)26-24-11-14-5-3-4-6-16(14)22/h3-11H,12H2,1-2H3,(H,25,26)/b24-11-. The fraction of sp³-hybridized carbons (Fsp3) is 0.143. The van der Waals surface area contributed by atoms with Crippen molar-refractivity contribution >= 4 is 34.9 Å². The van der Waals surface area contributed by atoms with Gasteiger partial charge < -0.3 is 0 Å². The minimum Gasteiger partial charge on any atom is -0.298 e. The highest BCUT2D eigenvalue weighted by molar-refractivity contribution is 6.33. The molecule has 0 aliphatic heterocycles. The normalized spacial score (nSPS) is 11.5. The number of imidazole rings is 1. The van der Waals surface area contributed by atoms with Crippen LogP contribution in [0.15, 0.2) is 63.2 Å². The van der Waals surface area contributed by atoms with Crippen LogP contribution in [0.3, 0.4) is 0 Å². The minimum atomic E-state index is -0.491. The molecule has 4 rings (SSSR count). The third kappa shape index (κ3) is 3.87. The van der Waals surface area contributed by atoms with Gasteiger partial charge in [-0.3, -0.25) is 18.5 Å². The molecule has 4 aromatic rings. The summed E-state index contributed by atoms with van der Waals surface area (Å²) in [6.45, 7) is 0.216. The van der Waals surface area contributed by atoms with Crippen molar-refractivity contribution in [3.05, 3.63) is 91.3 Å². The summed E-state index contributed by atoms with van der Waals surface area (Å²) in [5, 5.41) is 4.72. The fourth-order valence-corrected chi connectivity index (χ4v) is 3.38. The number of hydrogen-bond acceptors (Lipinski definition) is 5. The molecule has 2 aromatic heterocycles. The number of hydrogen-bond donors (Lipinski definition) is 1. The molecule has 0 radical (unpaired) electrons. The van der Waals surface area contributed by atoms with Crippen molar-refractivity contribution in [2.75, 3.05) is 5.43 Å². The Morgan fingerprint density at radius 3 is 2.52 bits per heavy atom. The van der Waals surface area contributed by atoms with Crippen molar-refractivity contribution in [3.63, 3.8) is 0 Å². The van der Waals surface area contributed by atoms with Gasteiger partial charge in [-0.2, -0.15) is 10.1 Å². The van der Waals surface area contributed by atoms with Crippen LogP contribution in [0, 0.1) is 5.82 Å². The lowest BCUT2D eigenvalue weighted by Gasteiger charge is -2.09. The Bertz CT molecular complexity index is 1420. The van der Waals surface area contributed by atoms with Gasteiger partial charge in [0.05, 0.1) is 12.8 Å². The zero-order valence-electron chi connectivity index (χ0n) is 16.7. The summed E-state index contributed by atoms with van der Waals surface area (Å²) >= 11 is 6.15. The summed E-state index contributed by atoms with van der Waals surface area (Å²) in [7, 11) is 2.94. The smallest absolute Gasteiger partial charge is 0.298 e. The molecule has 0 saturated heterocycles. The molecule has 158 valence electrons. The van der Waals surface area contributed by atoms with E-state index in [4.69, 9.17) is 11.6 Å². The zero-order valence-corrected chi connectivity index (χ0v) is 17.5. The van der Waals surface area contributed by atoms with Gasteiger partial charge in [0.25, 0.3) is 5.56 Å². The Balaban J connectivity index is 1.83. The summed E-state index contributed by atoms with van der Waals surface area (Å²) in [5.41, 5.74) is 3.73. The molecule has 0 saturated carbocycles. The Morgan fingerprint density at radius 1 is 1.10 bits per heavy atom. The third-order valence-electron chi connectivity index (χ3n) is 4.88. The molecule has 0 fully saturated rings. The van der Waals surface area contributed by atoms with E-state index in [-0.39, 0.29) is 29.5 Å². The summed E-state index contributed by atoms with van der Waals surface area (Å²) in [6, 6.07) is 13.1. The van der Waals surface area contributed by atoms with Crippen LogP contribution in [0.2, 0.25) is 5.02 Å². The second-order valence-corrected chi connectivity index (χ2v) is 7.32. The van der Waals surface area contributed by atoms with Crippen molar-refractivity contribution in [1.29, 1.82) is 0 Å². The number of fused-ring (bicyclic) bond motifs is 1. The first-order chi connectivity index (χ1) is 14.9. The average molecular weight is 441 g/mol. The third-order valence-corrected chi connectivity index (χ3v) is 5.22. The maximum absolute atomic E-state index is 13.3. The Labute approximate surface area is 180 Å². The van der Waals surface area contributed by atoms with E-state index in [1.807, 2.05) is 12.1 Å². The number of nitrogens with one attached hydrogen (secondary N) is 1. The molecule has 0 aliphatic carbocycles. The summed E-state index contributed by atoms with van der Waals surface area (Å²) < 4.78 is 17.2. The number of hydrazone groups is 1. The molecular formula is C21H18ClFN6O2. The van der Waals surface area contributed by atoms with E-state index in [1.165, 1.54) is 37.0 Å². The molecular weight excluding hydrogens is 423 g/mol. The van der Waals surface area contributed by atoms with Crippen LogP contribution in [-0.2, 0) is 20.6 Å². The highest BCUT2D eigenvalue weighted by atomic mass is 35.5. The van der Waals surface area contributed by atoms with Crippen molar-refractivity contribution in [1.82, 2.24) is 18.7 Å². The van der Waals surface area contributed by atoms with E-state index in [1.54, 1.807) is 28.8 Å². The van der Waals surface area contributed by atoms with E-state index in [0.29, 0.717) is 10.6 Å². The number of rotatable bonds is 5. The van der Waals surface area contributed by atoms with Gasteiger partial charge in [-0.25, -0.2) is 14.6 Å². The zero-order chi connectivity index (χ0) is 22.1. The van der Waals surface area contributed by atoms with Crippen LogP contribution in [-0.4, -0.2) is 24.9 Å². The molecule has 0 unspecified atom stereocenters. The summed E-state index contributed by atoms with van der Waals surface area (Å²) in [4.78, 5) is 29.6. The van der Waals surface area contributed by atoms with Gasteiger partial charge in [-0.05, 0) is 23.8 Å². The van der Waals surface area contributed by atoms with E-state index >= 15 is 0 Å². The molecule has 0 aliphatic rings. The average Bonchev–Trinajstić information content (AvgIpc) is 3.12. The van der Waals surface area contributed by atoms with Gasteiger partial charge in [0.2, 0.25) is 5.95 Å². The monoisotopic (exact) mass is 440 g/mol. The van der Waals surface area contributed by atoms with E-state index < -0.39 is 11.2 Å². The van der Waals surface area contributed by atoms with Gasteiger partial charge in [-0.15, -0.1) is 0 Å². The lowest BCUT2D eigenvalue weighted by Crippen LogP contribution is -2.37. The van der Waals surface area contributed by atoms with Crippen LogP contribution in [0.25, 0.3) is 11.2 Å². The Morgan fingerprint density at radius 2 is 1.81 bits per heavy atom. The van der Waals surface area contributed by atoms with Crippen molar-refractivity contribution in [3.8, 4) is 0 Å². The van der Waals surface area contributed by atoms with Gasteiger partial charge in [0.1, 0.15) is 5.82 Å². The van der Waals surface area contributed by atoms with Crippen molar-refractivity contribution < 1.29 is 4.39 Å². The second-order valence-electron chi connectivity index (χ2n) is 6.92. The summed E-state index contributed by atoms with van der Waals surface area (Å²) in [6.07, 6.45) is 1.53. The number of aromatic nitrogens is 4. The van der Waals surface area contributed by atoms with Crippen LogP contribution in [0.4, 0.5) is 10.3 Å². The first-order valence-electron chi connectivity index (χ1n) is 9.31. The summed E-state index contributed by atoms with van der Waals surface area (Å²) in [5.74, 6) is -0.110. The second kappa shape index (κ2) is 8.19. The molecule has 2 aromatic carbocycles. The minimum absolute atomic E-state index is 0.214. The van der Waals surface area contributed by atoms with Gasteiger partial charge >= 0.3 is 5.69 Å².